The van der Waals surface area contributed by atoms with Gasteiger partial charge in [0.15, 0.2) is 0 Å². The molecule has 0 atom stereocenters. The maximum absolute atomic E-state index is 13.7. The molecule has 1 aliphatic heterocycles. The number of nitrogens with one attached hydrogen (secondary N) is 1. The molecule has 9 heteroatoms. The van der Waals surface area contributed by atoms with Crippen LogP contribution in [0.3, 0.4) is 0 Å². The van der Waals surface area contributed by atoms with Crippen LogP contribution in [0.15, 0.2) is 18.2 Å². The van der Waals surface area contributed by atoms with Crippen LogP contribution < -0.4 is 5.32 Å². The average molecular weight is 379 g/mol. The molecule has 1 fully saturated rings. The summed E-state index contributed by atoms with van der Waals surface area (Å²) in [6, 6.07) is 3.57. The summed E-state index contributed by atoms with van der Waals surface area (Å²) in [4.78, 5) is 49.7. The number of likely N-dealkylation sites (N-methyl/N-ethyl adjacent to an activating group) is 1. The van der Waals surface area contributed by atoms with Crippen molar-refractivity contribution in [1.82, 2.24) is 9.80 Å². The molecule has 0 aliphatic carbocycles. The number of carboxylic acid groups (broad SMARTS) is 1. The number of piperidine rings is 1. The molecular weight excluding hydrogens is 357 g/mol. The summed E-state index contributed by atoms with van der Waals surface area (Å²) in [6.07, 6.45) is 0.771. The molecule has 8 nitrogen and oxygen atoms in total. The van der Waals surface area contributed by atoms with E-state index in [0.717, 1.165) is 6.07 Å². The number of rotatable bonds is 5. The minimum absolute atomic E-state index is 0.108. The maximum atomic E-state index is 13.7. The number of halogens is 1. The topological polar surface area (TPSA) is 107 Å². The number of likely N-dealkylation sites (tertiary alicyclic amines) is 1. The van der Waals surface area contributed by atoms with Crippen LogP contribution in [0.25, 0.3) is 0 Å². The lowest BCUT2D eigenvalue weighted by Gasteiger charge is -2.31. The third kappa shape index (κ3) is 5.25. The summed E-state index contributed by atoms with van der Waals surface area (Å²) in [5.74, 6) is -3.21. The van der Waals surface area contributed by atoms with Crippen molar-refractivity contribution in [1.29, 1.82) is 0 Å². The monoisotopic (exact) mass is 379 g/mol. The molecule has 1 aliphatic rings. The van der Waals surface area contributed by atoms with Gasteiger partial charge < -0.3 is 20.2 Å². The van der Waals surface area contributed by atoms with Crippen LogP contribution in [-0.4, -0.2) is 65.3 Å². The van der Waals surface area contributed by atoms with Crippen molar-refractivity contribution in [3.63, 3.8) is 0 Å². The quantitative estimate of drug-likeness (QED) is 0.799. The summed E-state index contributed by atoms with van der Waals surface area (Å²) in [5, 5.41) is 11.3. The van der Waals surface area contributed by atoms with E-state index in [2.05, 4.69) is 5.32 Å². The number of anilines is 1. The zero-order valence-corrected chi connectivity index (χ0v) is 15.2. The van der Waals surface area contributed by atoms with Crippen LogP contribution in [0.1, 0.15) is 30.1 Å². The molecule has 0 aromatic heterocycles. The van der Waals surface area contributed by atoms with Crippen LogP contribution in [-0.2, 0) is 14.4 Å². The molecule has 2 rings (SSSR count). The minimum Gasteiger partial charge on any atom is -0.481 e. The Kier molecular flexibility index (Phi) is 6.49. The molecule has 0 saturated carbocycles. The highest BCUT2D eigenvalue weighted by atomic mass is 19.1. The van der Waals surface area contributed by atoms with Gasteiger partial charge in [-0.2, -0.15) is 0 Å². The number of nitrogens with zero attached hydrogens (tertiary/aromatic N) is 2. The first-order valence-corrected chi connectivity index (χ1v) is 8.52. The zero-order valence-electron chi connectivity index (χ0n) is 15.2. The highest BCUT2D eigenvalue weighted by molar-refractivity contribution is 5.98. The van der Waals surface area contributed by atoms with E-state index in [1.54, 1.807) is 0 Å². The van der Waals surface area contributed by atoms with E-state index >= 15 is 0 Å². The number of benzene rings is 1. The summed E-state index contributed by atoms with van der Waals surface area (Å²) >= 11 is 0. The number of carbonyl (C=O) groups excluding carboxylic acids is 3. The van der Waals surface area contributed by atoms with Gasteiger partial charge in [0.05, 0.1) is 18.2 Å². The van der Waals surface area contributed by atoms with E-state index in [9.17, 15) is 23.6 Å². The Morgan fingerprint density at radius 2 is 1.89 bits per heavy atom. The summed E-state index contributed by atoms with van der Waals surface area (Å²) < 4.78 is 13.7. The second-order valence-corrected chi connectivity index (χ2v) is 6.53. The zero-order chi connectivity index (χ0) is 20.1. The Hall–Kier alpha value is -2.97. The SMILES string of the molecule is CC(=O)Nc1cc(C(=O)N(C)CC(=O)N2CCC(C(=O)O)CC2)ccc1F. The van der Waals surface area contributed by atoms with E-state index < -0.39 is 29.5 Å². The molecule has 2 N–H and O–H groups in total. The fraction of sp³-hybridized carbons (Fsp3) is 0.444. The largest absolute Gasteiger partial charge is 0.481 e. The number of aliphatic carboxylic acids is 1. The van der Waals surface area contributed by atoms with Crippen molar-refractivity contribution in [2.24, 2.45) is 5.92 Å². The first-order chi connectivity index (χ1) is 12.7. The molecule has 1 saturated heterocycles. The standard InChI is InChI=1S/C18H22FN3O5/c1-11(23)20-15-9-13(3-4-14(15)19)17(25)21(2)10-16(24)22-7-5-12(6-8-22)18(26)27/h3-4,9,12H,5-8,10H2,1-2H3,(H,20,23)(H,26,27). The number of amides is 3. The van der Waals surface area contributed by atoms with E-state index in [1.165, 1.54) is 35.9 Å². The second kappa shape index (κ2) is 8.61. The summed E-state index contributed by atoms with van der Waals surface area (Å²) in [5.41, 5.74) is 0.0313. The minimum atomic E-state index is -0.860. The lowest BCUT2D eigenvalue weighted by Crippen LogP contribution is -2.45. The van der Waals surface area contributed by atoms with E-state index in [-0.39, 0.29) is 23.7 Å². The molecule has 0 bridgehead atoms. The van der Waals surface area contributed by atoms with Crippen molar-refractivity contribution in [3.05, 3.63) is 29.6 Å². The van der Waals surface area contributed by atoms with E-state index in [0.29, 0.717) is 25.9 Å². The van der Waals surface area contributed by atoms with Crippen molar-refractivity contribution in [2.45, 2.75) is 19.8 Å². The third-order valence-corrected chi connectivity index (χ3v) is 4.44. The van der Waals surface area contributed by atoms with Crippen LogP contribution >= 0.6 is 0 Å². The second-order valence-electron chi connectivity index (χ2n) is 6.53. The number of hydrogen-bond donors (Lipinski definition) is 2. The van der Waals surface area contributed by atoms with Gasteiger partial charge in [0, 0.05) is 32.6 Å². The van der Waals surface area contributed by atoms with Gasteiger partial charge in [0.1, 0.15) is 5.82 Å². The molecule has 1 aromatic rings. The Balaban J connectivity index is 1.98. The first kappa shape index (κ1) is 20.3. The summed E-state index contributed by atoms with van der Waals surface area (Å²) in [6.45, 7) is 1.72. The van der Waals surface area contributed by atoms with Gasteiger partial charge in [0.25, 0.3) is 5.91 Å². The van der Waals surface area contributed by atoms with Crippen molar-refractivity contribution in [2.75, 3.05) is 32.0 Å². The third-order valence-electron chi connectivity index (χ3n) is 4.44. The van der Waals surface area contributed by atoms with Gasteiger partial charge in [-0.1, -0.05) is 0 Å². The lowest BCUT2D eigenvalue weighted by molar-refractivity contribution is -0.145. The molecule has 0 radical (unpaired) electrons. The first-order valence-electron chi connectivity index (χ1n) is 8.52. The Bertz CT molecular complexity index is 759. The molecule has 0 spiro atoms. The molecule has 0 unspecified atom stereocenters. The molecule has 27 heavy (non-hydrogen) atoms. The molecule has 3 amide bonds. The molecule has 146 valence electrons. The average Bonchev–Trinajstić information content (AvgIpc) is 2.62. The number of carboxylic acids is 1. The number of hydrogen-bond acceptors (Lipinski definition) is 4. The highest BCUT2D eigenvalue weighted by Gasteiger charge is 2.28. The van der Waals surface area contributed by atoms with E-state index in [1.807, 2.05) is 0 Å². The smallest absolute Gasteiger partial charge is 0.306 e. The van der Waals surface area contributed by atoms with E-state index in [4.69, 9.17) is 5.11 Å². The predicted molar refractivity (Wildman–Crippen MR) is 94.6 cm³/mol. The molecular formula is C18H22FN3O5. The maximum Gasteiger partial charge on any atom is 0.306 e. The van der Waals surface area contributed by atoms with Crippen LogP contribution in [0.5, 0.6) is 0 Å². The Morgan fingerprint density at radius 1 is 1.26 bits per heavy atom. The van der Waals surface area contributed by atoms with Gasteiger partial charge in [-0.25, -0.2) is 4.39 Å². The molecule has 1 aromatic carbocycles. The van der Waals surface area contributed by atoms with Crippen LogP contribution in [0, 0.1) is 11.7 Å². The fourth-order valence-electron chi connectivity index (χ4n) is 2.91. The normalized spacial score (nSPS) is 14.6. The Morgan fingerprint density at radius 3 is 2.44 bits per heavy atom. The summed E-state index contributed by atoms with van der Waals surface area (Å²) in [7, 11) is 1.45. The van der Waals surface area contributed by atoms with Gasteiger partial charge in [-0.3, -0.25) is 19.2 Å². The molecule has 1 heterocycles. The predicted octanol–water partition coefficient (Wildman–Crippen LogP) is 1.18. The van der Waals surface area contributed by atoms with Crippen molar-refractivity contribution >= 4 is 29.4 Å². The lowest BCUT2D eigenvalue weighted by atomic mass is 9.97. The Labute approximate surface area is 155 Å². The van der Waals surface area contributed by atoms with Crippen molar-refractivity contribution < 1.29 is 28.7 Å². The van der Waals surface area contributed by atoms with Crippen LogP contribution in [0.2, 0.25) is 0 Å². The van der Waals surface area contributed by atoms with Gasteiger partial charge >= 0.3 is 5.97 Å². The number of carbonyl (C=O) groups is 4. The van der Waals surface area contributed by atoms with Gasteiger partial charge in [0.2, 0.25) is 11.8 Å². The van der Waals surface area contributed by atoms with Crippen molar-refractivity contribution in [3.8, 4) is 0 Å². The van der Waals surface area contributed by atoms with Gasteiger partial charge in [-0.15, -0.1) is 0 Å². The highest BCUT2D eigenvalue weighted by Crippen LogP contribution is 2.19. The fourth-order valence-corrected chi connectivity index (χ4v) is 2.91. The van der Waals surface area contributed by atoms with Gasteiger partial charge in [-0.05, 0) is 31.0 Å². The van der Waals surface area contributed by atoms with Crippen LogP contribution in [0.4, 0.5) is 10.1 Å².